The van der Waals surface area contributed by atoms with Crippen molar-refractivity contribution in [3.8, 4) is 0 Å². The van der Waals surface area contributed by atoms with E-state index < -0.39 is 0 Å². The quantitative estimate of drug-likeness (QED) is 0.109. The van der Waals surface area contributed by atoms with Crippen LogP contribution in [0, 0.1) is 0 Å². The summed E-state index contributed by atoms with van der Waals surface area (Å²) in [4.78, 5) is 0. The lowest BCUT2D eigenvalue weighted by Crippen LogP contribution is -2.04. The molecule has 1 atom stereocenters. The topological polar surface area (TPSA) is 0 Å². The predicted octanol–water partition coefficient (Wildman–Crippen LogP) is 11.5. The summed E-state index contributed by atoms with van der Waals surface area (Å²) in [5.74, 6) is 1.33. The van der Waals surface area contributed by atoms with E-state index in [1.54, 1.807) is 0 Å². The minimum absolute atomic E-state index is 0.893. The zero-order valence-electron chi connectivity index (χ0n) is 22.1. The van der Waals surface area contributed by atoms with Crippen molar-refractivity contribution in [1.29, 1.82) is 0 Å². The molecule has 31 heavy (non-hydrogen) atoms. The lowest BCUT2D eigenvalue weighted by Gasteiger charge is -2.12. The Kier molecular flexibility index (Phi) is 29.4. The van der Waals surface area contributed by atoms with Gasteiger partial charge >= 0.3 is 0 Å². The second kappa shape index (κ2) is 28.7. The average Bonchev–Trinajstić information content (AvgIpc) is 2.78. The molecule has 0 amide bonds. The summed E-state index contributed by atoms with van der Waals surface area (Å²) >= 11 is 4.07. The molecule has 0 radical (unpaired) electrons. The first-order valence-corrected chi connectivity index (χ1v) is 17.0. The third-order valence-electron chi connectivity index (χ3n) is 6.82. The molecule has 0 aliphatic heterocycles. The Morgan fingerprint density at radius 1 is 0.419 bits per heavy atom. The highest BCUT2D eigenvalue weighted by Crippen LogP contribution is 2.20. The summed E-state index contributed by atoms with van der Waals surface area (Å²) < 4.78 is 0. The van der Waals surface area contributed by atoms with Gasteiger partial charge < -0.3 is 0 Å². The monoisotopic (exact) mass is 472 g/mol. The van der Waals surface area contributed by atoms with E-state index in [0.29, 0.717) is 0 Å². The maximum atomic E-state index is 2.30. The maximum absolute atomic E-state index is 2.30. The molecule has 0 N–H and O–H groups in total. The molecule has 0 rings (SSSR count). The molecule has 0 bridgehead atoms. The molecular formula is C29H60S2. The van der Waals surface area contributed by atoms with Crippen molar-refractivity contribution in [2.75, 3.05) is 18.3 Å². The highest BCUT2D eigenvalue weighted by Gasteiger charge is 2.05. The summed E-state index contributed by atoms with van der Waals surface area (Å²) in [6.07, 6.45) is 39.9. The zero-order valence-corrected chi connectivity index (χ0v) is 23.7. The van der Waals surface area contributed by atoms with Crippen molar-refractivity contribution in [2.24, 2.45) is 0 Å². The number of rotatable bonds is 27. The molecule has 0 aromatic rings. The van der Waals surface area contributed by atoms with Gasteiger partial charge in [-0.1, -0.05) is 155 Å². The van der Waals surface area contributed by atoms with E-state index in [4.69, 9.17) is 0 Å². The van der Waals surface area contributed by atoms with Crippen molar-refractivity contribution >= 4 is 23.5 Å². The van der Waals surface area contributed by atoms with Crippen LogP contribution in [0.25, 0.3) is 0 Å². The van der Waals surface area contributed by atoms with Crippen LogP contribution < -0.4 is 0 Å². The first-order chi connectivity index (χ1) is 15.3. The average molecular weight is 473 g/mol. The van der Waals surface area contributed by atoms with Crippen LogP contribution in [0.4, 0.5) is 0 Å². The normalized spacial score (nSPS) is 12.5. The third-order valence-corrected chi connectivity index (χ3v) is 8.83. The van der Waals surface area contributed by atoms with Crippen LogP contribution in [0.1, 0.15) is 161 Å². The highest BCUT2D eigenvalue weighted by atomic mass is 32.2. The van der Waals surface area contributed by atoms with E-state index in [1.165, 1.54) is 160 Å². The van der Waals surface area contributed by atoms with Gasteiger partial charge in [-0.2, -0.15) is 23.5 Å². The third kappa shape index (κ3) is 26.8. The van der Waals surface area contributed by atoms with Crippen molar-refractivity contribution in [3.05, 3.63) is 0 Å². The Bertz CT molecular complexity index is 305. The number of hydrogen-bond donors (Lipinski definition) is 0. The molecule has 0 fully saturated rings. The van der Waals surface area contributed by atoms with E-state index in [-0.39, 0.29) is 0 Å². The van der Waals surface area contributed by atoms with Gasteiger partial charge in [0.1, 0.15) is 0 Å². The van der Waals surface area contributed by atoms with Gasteiger partial charge in [0, 0.05) is 11.0 Å². The van der Waals surface area contributed by atoms with Crippen LogP contribution in [-0.2, 0) is 0 Å². The lowest BCUT2D eigenvalue weighted by molar-refractivity contribution is 0.517. The number of unbranched alkanes of at least 4 members (excludes halogenated alkanes) is 22. The first kappa shape index (κ1) is 31.7. The van der Waals surface area contributed by atoms with Crippen LogP contribution in [0.15, 0.2) is 0 Å². The van der Waals surface area contributed by atoms with Gasteiger partial charge in [-0.15, -0.1) is 0 Å². The predicted molar refractivity (Wildman–Crippen MR) is 152 cm³/mol. The van der Waals surface area contributed by atoms with Crippen molar-refractivity contribution < 1.29 is 0 Å². The molecule has 0 heterocycles. The molecule has 188 valence electrons. The number of thioether (sulfide) groups is 2. The lowest BCUT2D eigenvalue weighted by atomic mass is 10.0. The second-order valence-electron chi connectivity index (χ2n) is 9.88. The van der Waals surface area contributed by atoms with Crippen molar-refractivity contribution in [2.45, 2.75) is 166 Å². The van der Waals surface area contributed by atoms with Crippen LogP contribution in [0.3, 0.4) is 0 Å². The van der Waals surface area contributed by atoms with Gasteiger partial charge in [0.05, 0.1) is 0 Å². The summed E-state index contributed by atoms with van der Waals surface area (Å²) in [6.45, 7) is 2.30. The Morgan fingerprint density at radius 2 is 0.710 bits per heavy atom. The summed E-state index contributed by atoms with van der Waals surface area (Å²) in [5, 5.41) is 0.893. The summed E-state index contributed by atoms with van der Waals surface area (Å²) in [7, 11) is 0. The van der Waals surface area contributed by atoms with Gasteiger partial charge in [0.15, 0.2) is 0 Å². The van der Waals surface area contributed by atoms with Crippen molar-refractivity contribution in [3.63, 3.8) is 0 Å². The molecule has 0 aliphatic carbocycles. The smallest absolute Gasteiger partial charge is 0.0135 e. The Balaban J connectivity index is 3.06. The van der Waals surface area contributed by atoms with Gasteiger partial charge in [-0.25, -0.2) is 0 Å². The van der Waals surface area contributed by atoms with E-state index in [9.17, 15) is 0 Å². The molecular weight excluding hydrogens is 412 g/mol. The van der Waals surface area contributed by atoms with Gasteiger partial charge in [0.25, 0.3) is 0 Å². The fourth-order valence-corrected chi connectivity index (χ4v) is 6.51. The first-order valence-electron chi connectivity index (χ1n) is 14.4. The number of hydrogen-bond acceptors (Lipinski definition) is 2. The summed E-state index contributed by atoms with van der Waals surface area (Å²) in [6, 6.07) is 0. The zero-order chi connectivity index (χ0) is 22.7. The van der Waals surface area contributed by atoms with Gasteiger partial charge in [0.2, 0.25) is 0 Å². The molecule has 0 saturated heterocycles. The highest BCUT2D eigenvalue weighted by molar-refractivity contribution is 8.02. The molecule has 0 aromatic carbocycles. The summed E-state index contributed by atoms with van der Waals surface area (Å²) in [5.41, 5.74) is 0. The minimum atomic E-state index is 0.893. The molecule has 0 saturated carbocycles. The Labute approximate surface area is 207 Å². The van der Waals surface area contributed by atoms with E-state index in [0.717, 1.165) is 5.25 Å². The molecule has 0 spiro atoms. The van der Waals surface area contributed by atoms with E-state index in [2.05, 4.69) is 31.2 Å². The van der Waals surface area contributed by atoms with E-state index >= 15 is 0 Å². The van der Waals surface area contributed by atoms with E-state index in [1.807, 2.05) is 11.8 Å². The van der Waals surface area contributed by atoms with Crippen molar-refractivity contribution in [1.82, 2.24) is 0 Å². The minimum Gasteiger partial charge on any atom is -0.164 e. The SMILES string of the molecule is CCCCCCCCCCCCCCCCCCCCCCCCCC(CSC)SC. The van der Waals surface area contributed by atoms with Crippen LogP contribution in [0.2, 0.25) is 0 Å². The van der Waals surface area contributed by atoms with Gasteiger partial charge in [-0.05, 0) is 18.9 Å². The molecule has 1 unspecified atom stereocenters. The second-order valence-corrected chi connectivity index (χ2v) is 11.9. The van der Waals surface area contributed by atoms with Gasteiger partial charge in [-0.3, -0.25) is 0 Å². The molecule has 0 nitrogen and oxygen atoms in total. The molecule has 0 aliphatic rings. The largest absolute Gasteiger partial charge is 0.164 e. The van der Waals surface area contributed by atoms with Crippen LogP contribution in [-0.4, -0.2) is 23.5 Å². The van der Waals surface area contributed by atoms with Crippen LogP contribution >= 0.6 is 23.5 Å². The standard InChI is InChI=1S/C29H60S2/c1-4-5-6-7-8-9-10-11-12-13-14-15-16-17-18-19-20-21-22-23-24-25-26-27-29(31-3)28-30-2/h29H,4-28H2,1-3H3. The molecule has 0 aromatic heterocycles. The van der Waals surface area contributed by atoms with Crippen LogP contribution in [0.5, 0.6) is 0 Å². The Morgan fingerprint density at radius 3 is 0.968 bits per heavy atom. The fourth-order valence-electron chi connectivity index (χ4n) is 4.61. The maximum Gasteiger partial charge on any atom is 0.0135 e. The fraction of sp³-hybridized carbons (Fsp3) is 1.00. The molecule has 2 heteroatoms. The Hall–Kier alpha value is 0.700.